The minimum absolute atomic E-state index is 0.0565. The van der Waals surface area contributed by atoms with E-state index in [0.29, 0.717) is 18.9 Å². The second-order valence-electron chi connectivity index (χ2n) is 4.38. The Balaban J connectivity index is 1.83. The summed E-state index contributed by atoms with van der Waals surface area (Å²) in [6.45, 7) is 1.99. The molecule has 0 aliphatic carbocycles. The number of hydrogen-bond donors (Lipinski definition) is 2. The van der Waals surface area contributed by atoms with Crippen LogP contribution in [0.2, 0.25) is 0 Å². The third kappa shape index (κ3) is 4.21. The lowest BCUT2D eigenvalue weighted by atomic mass is 10.1. The molecule has 1 heterocycles. The van der Waals surface area contributed by atoms with E-state index in [0.717, 1.165) is 12.3 Å². The fraction of sp³-hybridized carbons (Fsp3) is 0.333. The molecule has 0 radical (unpaired) electrons. The third-order valence-corrected chi connectivity index (χ3v) is 2.80. The van der Waals surface area contributed by atoms with Crippen molar-refractivity contribution in [2.75, 3.05) is 7.11 Å². The summed E-state index contributed by atoms with van der Waals surface area (Å²) in [5.41, 5.74) is 2.38. The van der Waals surface area contributed by atoms with Crippen LogP contribution in [0.5, 0.6) is 0 Å². The van der Waals surface area contributed by atoms with Crippen molar-refractivity contribution in [3.8, 4) is 0 Å². The van der Waals surface area contributed by atoms with Crippen LogP contribution >= 0.6 is 0 Å². The Kier molecular flexibility index (Phi) is 5.15. The molecule has 2 rings (SSSR count). The number of ether oxygens (including phenoxy) is 1. The molecule has 102 valence electrons. The summed E-state index contributed by atoms with van der Waals surface area (Å²) in [5.74, 6) is 1.43. The Morgan fingerprint density at radius 1 is 1.11 bits per heavy atom. The van der Waals surface area contributed by atoms with E-state index in [9.17, 15) is 0 Å². The van der Waals surface area contributed by atoms with Gasteiger partial charge in [-0.2, -0.15) is 0 Å². The Morgan fingerprint density at radius 2 is 1.89 bits per heavy atom. The van der Waals surface area contributed by atoms with Crippen molar-refractivity contribution in [1.29, 1.82) is 0 Å². The van der Waals surface area contributed by atoms with E-state index in [2.05, 4.69) is 17.4 Å². The van der Waals surface area contributed by atoms with Crippen LogP contribution in [0.1, 0.15) is 22.6 Å². The quantitative estimate of drug-likeness (QED) is 0.802. The highest BCUT2D eigenvalue weighted by Gasteiger charge is 2.01. The maximum absolute atomic E-state index is 8.91. The second kappa shape index (κ2) is 7.09. The first-order valence-electron chi connectivity index (χ1n) is 6.27. The third-order valence-electron chi connectivity index (χ3n) is 2.80. The smallest absolute Gasteiger partial charge is 0.129 e. The molecule has 19 heavy (non-hydrogen) atoms. The molecule has 1 aromatic heterocycles. The van der Waals surface area contributed by atoms with Gasteiger partial charge in [0.2, 0.25) is 0 Å². The molecule has 0 bridgehead atoms. The molecule has 4 heteroatoms. The van der Waals surface area contributed by atoms with Gasteiger partial charge in [-0.05, 0) is 23.3 Å². The first kappa shape index (κ1) is 13.8. The van der Waals surface area contributed by atoms with Gasteiger partial charge in [-0.1, -0.05) is 24.3 Å². The molecule has 0 fully saturated rings. The largest absolute Gasteiger partial charge is 0.462 e. The zero-order chi connectivity index (χ0) is 13.5. The second-order valence-corrected chi connectivity index (χ2v) is 4.38. The standard InChI is InChI=1S/C15H19NO3/c1-18-11-13-4-2-3-12(7-13)8-16-9-14-5-6-15(10-17)19-14/h2-7,16-17H,8-11H2,1H3. The van der Waals surface area contributed by atoms with Crippen LogP contribution < -0.4 is 5.32 Å². The summed E-state index contributed by atoms with van der Waals surface area (Å²) in [6, 6.07) is 11.9. The van der Waals surface area contributed by atoms with Crippen LogP contribution in [0.25, 0.3) is 0 Å². The number of rotatable bonds is 7. The zero-order valence-electron chi connectivity index (χ0n) is 11.1. The van der Waals surface area contributed by atoms with Crippen molar-refractivity contribution in [1.82, 2.24) is 5.32 Å². The molecule has 4 nitrogen and oxygen atoms in total. The van der Waals surface area contributed by atoms with Gasteiger partial charge >= 0.3 is 0 Å². The number of aliphatic hydroxyl groups excluding tert-OH is 1. The number of aliphatic hydroxyl groups is 1. The first-order valence-corrected chi connectivity index (χ1v) is 6.27. The van der Waals surface area contributed by atoms with Gasteiger partial charge in [0.05, 0.1) is 13.2 Å². The molecule has 0 unspecified atom stereocenters. The average molecular weight is 261 g/mol. The van der Waals surface area contributed by atoms with E-state index in [1.54, 1.807) is 13.2 Å². The minimum Gasteiger partial charge on any atom is -0.462 e. The predicted molar refractivity (Wildman–Crippen MR) is 72.3 cm³/mol. The van der Waals surface area contributed by atoms with Gasteiger partial charge in [0.25, 0.3) is 0 Å². The summed E-state index contributed by atoms with van der Waals surface area (Å²) in [5, 5.41) is 12.2. The molecule has 1 aromatic carbocycles. The van der Waals surface area contributed by atoms with E-state index in [1.165, 1.54) is 11.1 Å². The minimum atomic E-state index is -0.0565. The summed E-state index contributed by atoms with van der Waals surface area (Å²) in [4.78, 5) is 0. The van der Waals surface area contributed by atoms with Crippen molar-refractivity contribution in [3.63, 3.8) is 0 Å². The molecule has 0 spiro atoms. The monoisotopic (exact) mass is 261 g/mol. The van der Waals surface area contributed by atoms with Gasteiger partial charge in [-0.25, -0.2) is 0 Å². The fourth-order valence-corrected chi connectivity index (χ4v) is 1.93. The zero-order valence-corrected chi connectivity index (χ0v) is 11.1. The maximum Gasteiger partial charge on any atom is 0.129 e. The summed E-state index contributed by atoms with van der Waals surface area (Å²) < 4.78 is 10.5. The lowest BCUT2D eigenvalue weighted by Gasteiger charge is -2.05. The number of furan rings is 1. The van der Waals surface area contributed by atoms with E-state index < -0.39 is 0 Å². The van der Waals surface area contributed by atoms with Gasteiger partial charge in [-0.3, -0.25) is 0 Å². The number of benzene rings is 1. The fourth-order valence-electron chi connectivity index (χ4n) is 1.93. The molecule has 2 N–H and O–H groups in total. The summed E-state index contributed by atoms with van der Waals surface area (Å²) >= 11 is 0. The van der Waals surface area contributed by atoms with Crippen molar-refractivity contribution in [2.45, 2.75) is 26.3 Å². The normalized spacial score (nSPS) is 10.8. The van der Waals surface area contributed by atoms with Crippen LogP contribution in [-0.4, -0.2) is 12.2 Å². The Hall–Kier alpha value is -1.62. The topological polar surface area (TPSA) is 54.6 Å². The lowest BCUT2D eigenvalue weighted by Crippen LogP contribution is -2.12. The molecule has 0 atom stereocenters. The van der Waals surface area contributed by atoms with Crippen molar-refractivity contribution in [3.05, 3.63) is 59.0 Å². The number of hydrogen-bond acceptors (Lipinski definition) is 4. The first-order chi connectivity index (χ1) is 9.31. The molecule has 0 aliphatic heterocycles. The maximum atomic E-state index is 8.91. The van der Waals surface area contributed by atoms with Crippen LogP contribution in [-0.2, 0) is 31.0 Å². The summed E-state index contributed by atoms with van der Waals surface area (Å²) in [6.07, 6.45) is 0. The highest BCUT2D eigenvalue weighted by molar-refractivity contribution is 5.22. The van der Waals surface area contributed by atoms with Crippen LogP contribution in [0, 0.1) is 0 Å². The summed E-state index contributed by atoms with van der Waals surface area (Å²) in [7, 11) is 1.70. The molecule has 0 saturated carbocycles. The van der Waals surface area contributed by atoms with Gasteiger partial charge in [0.15, 0.2) is 0 Å². The highest BCUT2D eigenvalue weighted by Crippen LogP contribution is 2.09. The molecular formula is C15H19NO3. The highest BCUT2D eigenvalue weighted by atomic mass is 16.5. The van der Waals surface area contributed by atoms with Crippen LogP contribution in [0.15, 0.2) is 40.8 Å². The van der Waals surface area contributed by atoms with Crippen molar-refractivity contribution < 1.29 is 14.3 Å². The van der Waals surface area contributed by atoms with Gasteiger partial charge in [0.1, 0.15) is 18.1 Å². The lowest BCUT2D eigenvalue weighted by molar-refractivity contribution is 0.185. The molecule has 0 amide bonds. The number of methoxy groups -OCH3 is 1. The van der Waals surface area contributed by atoms with Gasteiger partial charge < -0.3 is 19.6 Å². The SMILES string of the molecule is COCc1cccc(CNCc2ccc(CO)o2)c1. The van der Waals surface area contributed by atoms with E-state index in [1.807, 2.05) is 18.2 Å². The van der Waals surface area contributed by atoms with Gasteiger partial charge in [-0.15, -0.1) is 0 Å². The molecule has 0 aliphatic rings. The number of nitrogens with one attached hydrogen (secondary N) is 1. The van der Waals surface area contributed by atoms with Crippen molar-refractivity contribution in [2.24, 2.45) is 0 Å². The van der Waals surface area contributed by atoms with Crippen LogP contribution in [0.4, 0.5) is 0 Å². The van der Waals surface area contributed by atoms with Gasteiger partial charge in [0, 0.05) is 13.7 Å². The van der Waals surface area contributed by atoms with E-state index >= 15 is 0 Å². The van der Waals surface area contributed by atoms with E-state index in [-0.39, 0.29) is 6.61 Å². The Morgan fingerprint density at radius 3 is 2.63 bits per heavy atom. The molecular weight excluding hydrogens is 242 g/mol. The van der Waals surface area contributed by atoms with E-state index in [4.69, 9.17) is 14.3 Å². The Labute approximate surface area is 113 Å². The van der Waals surface area contributed by atoms with Crippen LogP contribution in [0.3, 0.4) is 0 Å². The van der Waals surface area contributed by atoms with Crippen molar-refractivity contribution >= 4 is 0 Å². The average Bonchev–Trinajstić information content (AvgIpc) is 2.88. The molecule has 0 saturated heterocycles. The Bertz CT molecular complexity index is 508. The predicted octanol–water partition coefficient (Wildman–Crippen LogP) is 2.21. The molecule has 2 aromatic rings.